The van der Waals surface area contributed by atoms with E-state index in [1.54, 1.807) is 19.1 Å². The van der Waals surface area contributed by atoms with Gasteiger partial charge in [-0.3, -0.25) is 4.79 Å². The van der Waals surface area contributed by atoms with Gasteiger partial charge in [0.05, 0.1) is 18.7 Å². The first kappa shape index (κ1) is 27.8. The fraction of sp³-hybridized carbons (Fsp3) is 0.615. The van der Waals surface area contributed by atoms with Crippen molar-refractivity contribution in [3.63, 3.8) is 0 Å². The van der Waals surface area contributed by atoms with Crippen LogP contribution < -0.4 is 4.74 Å². The maximum Gasteiger partial charge on any atom is 0.407 e. The Morgan fingerprint density at radius 1 is 1.16 bits per heavy atom. The van der Waals surface area contributed by atoms with E-state index in [0.717, 1.165) is 36.8 Å². The average Bonchev–Trinajstić information content (AvgIpc) is 3.58. The van der Waals surface area contributed by atoms with E-state index < -0.39 is 17.6 Å². The molecule has 1 aromatic carbocycles. The van der Waals surface area contributed by atoms with Gasteiger partial charge in [0.1, 0.15) is 23.7 Å². The SMILES string of the molecule is COCCCc1cc(CN(C(=O)[C@H]2CN(C(=O)O)CC[C@]2(O)c2cn[nH]n2)C2CC2)cc(OCCOC)c1. The number of aromatic nitrogens is 3. The standard InChI is InChI=1S/C26H37N5O7/c1-36-9-3-4-18-12-19(14-21(13-18)38-11-10-37-2)16-31(20-5-6-20)24(32)22-17-30(25(33)34)8-7-26(22,35)23-15-27-29-28-23/h12-15,20,22,35H,3-11,16-17H2,1-2H3,(H,33,34)(H,27,28,29)/t22-,26-/m1/s1. The van der Waals surface area contributed by atoms with Gasteiger partial charge < -0.3 is 34.2 Å². The predicted molar refractivity (Wildman–Crippen MR) is 136 cm³/mol. The first-order valence-corrected chi connectivity index (χ1v) is 13.0. The third-order valence-electron chi connectivity index (χ3n) is 7.19. The van der Waals surface area contributed by atoms with E-state index in [1.165, 1.54) is 11.1 Å². The van der Waals surface area contributed by atoms with Gasteiger partial charge in [-0.1, -0.05) is 6.07 Å². The Hall–Kier alpha value is -3.22. The fourth-order valence-corrected chi connectivity index (χ4v) is 5.00. The molecule has 12 nitrogen and oxygen atoms in total. The monoisotopic (exact) mass is 531 g/mol. The molecule has 1 aliphatic carbocycles. The maximum absolute atomic E-state index is 14.1. The van der Waals surface area contributed by atoms with E-state index >= 15 is 0 Å². The zero-order chi connectivity index (χ0) is 27.1. The average molecular weight is 532 g/mol. The summed E-state index contributed by atoms with van der Waals surface area (Å²) >= 11 is 0. The highest BCUT2D eigenvalue weighted by Gasteiger charge is 2.52. The van der Waals surface area contributed by atoms with Crippen LogP contribution in [0.2, 0.25) is 0 Å². The van der Waals surface area contributed by atoms with E-state index in [0.29, 0.717) is 32.1 Å². The van der Waals surface area contributed by atoms with E-state index in [4.69, 9.17) is 14.2 Å². The van der Waals surface area contributed by atoms with Crippen LogP contribution in [-0.4, -0.2) is 101 Å². The molecule has 0 radical (unpaired) electrons. The molecule has 2 aliphatic rings. The molecular formula is C26H37N5O7. The summed E-state index contributed by atoms with van der Waals surface area (Å²) in [6.45, 7) is 1.79. The van der Waals surface area contributed by atoms with Crippen molar-refractivity contribution in [2.75, 3.05) is 47.1 Å². The van der Waals surface area contributed by atoms with Gasteiger partial charge in [0.25, 0.3) is 0 Å². The molecule has 3 N–H and O–H groups in total. The second-order valence-corrected chi connectivity index (χ2v) is 9.93. The van der Waals surface area contributed by atoms with Crippen LogP contribution in [-0.2, 0) is 32.8 Å². The van der Waals surface area contributed by atoms with Crippen molar-refractivity contribution in [3.8, 4) is 5.75 Å². The number of H-pyrrole nitrogens is 1. The lowest BCUT2D eigenvalue weighted by Crippen LogP contribution is -2.57. The molecule has 12 heteroatoms. The summed E-state index contributed by atoms with van der Waals surface area (Å²) in [5.41, 5.74) is 0.595. The Morgan fingerprint density at radius 2 is 1.92 bits per heavy atom. The lowest BCUT2D eigenvalue weighted by Gasteiger charge is -2.43. The molecule has 2 heterocycles. The molecule has 2 amide bonds. The van der Waals surface area contributed by atoms with Crippen LogP contribution in [0.15, 0.2) is 24.4 Å². The minimum absolute atomic E-state index is 0.0271. The third kappa shape index (κ3) is 6.61. The number of hydrogen-bond donors (Lipinski definition) is 3. The summed E-state index contributed by atoms with van der Waals surface area (Å²) in [6.07, 6.45) is 3.67. The summed E-state index contributed by atoms with van der Waals surface area (Å²) in [5, 5.41) is 31.7. The number of amides is 2. The topological polar surface area (TPSA) is 150 Å². The third-order valence-corrected chi connectivity index (χ3v) is 7.19. The molecule has 208 valence electrons. The number of hydrogen-bond acceptors (Lipinski definition) is 8. The number of aryl methyl sites for hydroxylation is 1. The van der Waals surface area contributed by atoms with Gasteiger partial charge in [0, 0.05) is 52.9 Å². The Morgan fingerprint density at radius 3 is 2.58 bits per heavy atom. The molecule has 4 rings (SSSR count). The number of rotatable bonds is 13. The molecule has 0 bridgehead atoms. The molecule has 1 saturated heterocycles. The number of piperidine rings is 1. The van der Waals surface area contributed by atoms with Crippen molar-refractivity contribution < 1.29 is 34.0 Å². The maximum atomic E-state index is 14.1. The zero-order valence-electron chi connectivity index (χ0n) is 22.0. The number of aromatic amines is 1. The molecule has 38 heavy (non-hydrogen) atoms. The van der Waals surface area contributed by atoms with Crippen molar-refractivity contribution in [1.29, 1.82) is 0 Å². The quantitative estimate of drug-likeness (QED) is 0.329. The number of carboxylic acid groups (broad SMARTS) is 1. The van der Waals surface area contributed by atoms with Gasteiger partial charge >= 0.3 is 6.09 Å². The van der Waals surface area contributed by atoms with Crippen LogP contribution in [0.25, 0.3) is 0 Å². The number of ether oxygens (including phenoxy) is 3. The van der Waals surface area contributed by atoms with Gasteiger partial charge in [-0.15, -0.1) is 0 Å². The second kappa shape index (κ2) is 12.5. The van der Waals surface area contributed by atoms with Gasteiger partial charge in [0.2, 0.25) is 5.91 Å². The Kier molecular flexibility index (Phi) is 9.18. The van der Waals surface area contributed by atoms with Crippen LogP contribution in [0.4, 0.5) is 4.79 Å². The van der Waals surface area contributed by atoms with Crippen LogP contribution in [0.5, 0.6) is 5.75 Å². The van der Waals surface area contributed by atoms with Crippen molar-refractivity contribution in [1.82, 2.24) is 25.2 Å². The Labute approximate surface area is 221 Å². The number of carbonyl (C=O) groups excluding carboxylic acids is 1. The molecule has 2 atom stereocenters. The summed E-state index contributed by atoms with van der Waals surface area (Å²) < 4.78 is 16.2. The zero-order valence-corrected chi connectivity index (χ0v) is 22.0. The van der Waals surface area contributed by atoms with E-state index in [1.807, 2.05) is 12.1 Å². The molecule has 0 unspecified atom stereocenters. The number of nitrogens with one attached hydrogen (secondary N) is 1. The van der Waals surface area contributed by atoms with E-state index in [-0.39, 0.29) is 37.2 Å². The van der Waals surface area contributed by atoms with Crippen molar-refractivity contribution in [2.24, 2.45) is 5.92 Å². The van der Waals surface area contributed by atoms with Crippen LogP contribution in [0.1, 0.15) is 42.5 Å². The normalized spacial score (nSPS) is 21.3. The van der Waals surface area contributed by atoms with Gasteiger partial charge in [-0.05, 0) is 48.9 Å². The minimum Gasteiger partial charge on any atom is -0.491 e. The van der Waals surface area contributed by atoms with Gasteiger partial charge in [0.15, 0.2) is 0 Å². The van der Waals surface area contributed by atoms with Crippen molar-refractivity contribution in [2.45, 2.75) is 50.3 Å². The highest BCUT2D eigenvalue weighted by Crippen LogP contribution is 2.40. The summed E-state index contributed by atoms with van der Waals surface area (Å²) in [5.74, 6) is -0.611. The molecule has 2 fully saturated rings. The molecule has 2 aromatic rings. The van der Waals surface area contributed by atoms with Gasteiger partial charge in [-0.25, -0.2) is 4.79 Å². The summed E-state index contributed by atoms with van der Waals surface area (Å²) in [4.78, 5) is 28.8. The first-order chi connectivity index (χ1) is 18.4. The second-order valence-electron chi connectivity index (χ2n) is 9.93. The van der Waals surface area contributed by atoms with Gasteiger partial charge in [-0.2, -0.15) is 15.4 Å². The molecular weight excluding hydrogens is 494 g/mol. The van der Waals surface area contributed by atoms with Crippen molar-refractivity contribution >= 4 is 12.0 Å². The summed E-state index contributed by atoms with van der Waals surface area (Å²) in [6, 6.07) is 6.01. The Balaban J connectivity index is 1.60. The fourth-order valence-electron chi connectivity index (χ4n) is 5.00. The highest BCUT2D eigenvalue weighted by atomic mass is 16.5. The van der Waals surface area contributed by atoms with Crippen LogP contribution >= 0.6 is 0 Å². The number of methoxy groups -OCH3 is 2. The summed E-state index contributed by atoms with van der Waals surface area (Å²) in [7, 11) is 3.29. The first-order valence-electron chi connectivity index (χ1n) is 13.0. The van der Waals surface area contributed by atoms with Crippen LogP contribution in [0.3, 0.4) is 0 Å². The number of aliphatic hydroxyl groups is 1. The van der Waals surface area contributed by atoms with Crippen molar-refractivity contribution in [3.05, 3.63) is 41.2 Å². The lowest BCUT2D eigenvalue weighted by molar-refractivity contribution is -0.154. The predicted octanol–water partition coefficient (Wildman–Crippen LogP) is 1.79. The Bertz CT molecular complexity index is 1050. The smallest absolute Gasteiger partial charge is 0.407 e. The van der Waals surface area contributed by atoms with E-state index in [2.05, 4.69) is 21.5 Å². The number of nitrogens with zero attached hydrogens (tertiary/aromatic N) is 4. The minimum atomic E-state index is -1.63. The molecule has 1 aromatic heterocycles. The number of likely N-dealkylation sites (tertiary alicyclic amines) is 1. The van der Waals surface area contributed by atoms with Crippen LogP contribution in [0, 0.1) is 5.92 Å². The highest BCUT2D eigenvalue weighted by molar-refractivity contribution is 5.82. The number of carbonyl (C=O) groups is 2. The van der Waals surface area contributed by atoms with E-state index in [9.17, 15) is 19.8 Å². The molecule has 1 saturated carbocycles. The number of benzene rings is 1. The molecule has 0 spiro atoms. The largest absolute Gasteiger partial charge is 0.491 e. The lowest BCUT2D eigenvalue weighted by atomic mass is 9.77. The molecule has 1 aliphatic heterocycles.